The van der Waals surface area contributed by atoms with Gasteiger partial charge in [-0.3, -0.25) is 0 Å². The van der Waals surface area contributed by atoms with Crippen molar-refractivity contribution in [1.82, 2.24) is 30.4 Å². The molecule has 3 rings (SSSR count). The van der Waals surface area contributed by atoms with Crippen LogP contribution >= 0.6 is 0 Å². The average molecular weight is 366 g/mol. The summed E-state index contributed by atoms with van der Waals surface area (Å²) in [4.78, 5) is 20.1. The van der Waals surface area contributed by atoms with E-state index in [4.69, 9.17) is 4.74 Å². The van der Waals surface area contributed by atoms with Gasteiger partial charge in [-0.25, -0.2) is 19.4 Å². The van der Waals surface area contributed by atoms with E-state index in [1.54, 1.807) is 17.2 Å². The number of carbonyl (C=O) groups excluding carboxylic acids is 1. The lowest BCUT2D eigenvalue weighted by molar-refractivity contribution is 0.240. The smallest absolute Gasteiger partial charge is 0.315 e. The summed E-state index contributed by atoms with van der Waals surface area (Å²) in [7, 11) is 0. The van der Waals surface area contributed by atoms with Gasteiger partial charge in [0.2, 0.25) is 5.88 Å². The Labute approximate surface area is 157 Å². The minimum absolute atomic E-state index is 0.243. The predicted octanol–water partition coefficient (Wildman–Crippen LogP) is 2.12. The van der Waals surface area contributed by atoms with Crippen LogP contribution in [0.1, 0.15) is 23.6 Å². The molecule has 0 spiro atoms. The molecule has 2 heterocycles. The van der Waals surface area contributed by atoms with Crippen LogP contribution in [0.3, 0.4) is 0 Å². The number of benzene rings is 1. The second-order valence-corrected chi connectivity index (χ2v) is 5.85. The number of nitrogens with one attached hydrogen (secondary N) is 2. The topological polar surface area (TPSA) is 94.0 Å². The minimum Gasteiger partial charge on any atom is -0.478 e. The molecular formula is C19H22N6O2. The summed E-state index contributed by atoms with van der Waals surface area (Å²) in [5, 5.41) is 9.75. The minimum atomic E-state index is -0.243. The summed E-state index contributed by atoms with van der Waals surface area (Å²) >= 11 is 0. The zero-order chi connectivity index (χ0) is 18.9. The lowest BCUT2D eigenvalue weighted by Gasteiger charge is -2.11. The first kappa shape index (κ1) is 18.4. The van der Waals surface area contributed by atoms with Crippen LogP contribution in [0, 0.1) is 0 Å². The normalized spacial score (nSPS) is 10.4. The van der Waals surface area contributed by atoms with Gasteiger partial charge in [-0.15, -0.1) is 0 Å². The van der Waals surface area contributed by atoms with E-state index in [1.165, 1.54) is 6.33 Å². The monoisotopic (exact) mass is 366 g/mol. The van der Waals surface area contributed by atoms with Crippen molar-refractivity contribution in [1.29, 1.82) is 0 Å². The second kappa shape index (κ2) is 9.33. The fourth-order valence-electron chi connectivity index (χ4n) is 2.51. The molecule has 2 N–H and O–H groups in total. The number of amides is 2. The summed E-state index contributed by atoms with van der Waals surface area (Å²) in [6, 6.07) is 11.5. The Balaban J connectivity index is 1.45. The molecule has 0 bridgehead atoms. The van der Waals surface area contributed by atoms with Crippen LogP contribution in [-0.2, 0) is 19.6 Å². The number of aromatic nitrogens is 4. The predicted molar refractivity (Wildman–Crippen MR) is 100 cm³/mol. The van der Waals surface area contributed by atoms with Crippen LogP contribution in [-0.4, -0.2) is 32.4 Å². The molecule has 1 aromatic carbocycles. The molecule has 2 aromatic heterocycles. The lowest BCUT2D eigenvalue weighted by atomic mass is 10.1. The highest BCUT2D eigenvalue weighted by atomic mass is 16.5. The Morgan fingerprint density at radius 1 is 1.11 bits per heavy atom. The number of rotatable bonds is 8. The van der Waals surface area contributed by atoms with E-state index < -0.39 is 0 Å². The van der Waals surface area contributed by atoms with Crippen LogP contribution in [0.2, 0.25) is 0 Å². The van der Waals surface area contributed by atoms with Gasteiger partial charge in [0.25, 0.3) is 0 Å². The van der Waals surface area contributed by atoms with Crippen molar-refractivity contribution < 1.29 is 9.53 Å². The molecule has 0 aliphatic rings. The maximum atomic E-state index is 12.0. The van der Waals surface area contributed by atoms with Crippen molar-refractivity contribution in [2.24, 2.45) is 0 Å². The Morgan fingerprint density at radius 2 is 1.89 bits per heavy atom. The van der Waals surface area contributed by atoms with E-state index in [0.717, 1.165) is 16.7 Å². The van der Waals surface area contributed by atoms with Crippen molar-refractivity contribution in [3.05, 3.63) is 71.9 Å². The Bertz CT molecular complexity index is 849. The maximum absolute atomic E-state index is 12.0. The third kappa shape index (κ3) is 5.53. The van der Waals surface area contributed by atoms with Gasteiger partial charge in [0.15, 0.2) is 0 Å². The van der Waals surface area contributed by atoms with E-state index in [0.29, 0.717) is 32.1 Å². The van der Waals surface area contributed by atoms with Gasteiger partial charge in [-0.05, 0) is 24.1 Å². The average Bonchev–Trinajstić information content (AvgIpc) is 3.20. The molecule has 0 aliphatic heterocycles. The SMILES string of the molecule is CCOc1ncccc1CNC(=O)NCc1ccc(Cn2cncn2)cc1. The van der Waals surface area contributed by atoms with Gasteiger partial charge in [-0.2, -0.15) is 5.10 Å². The summed E-state index contributed by atoms with van der Waals surface area (Å²) in [6.45, 7) is 3.90. The molecule has 8 nitrogen and oxygen atoms in total. The van der Waals surface area contributed by atoms with Gasteiger partial charge in [0.1, 0.15) is 12.7 Å². The maximum Gasteiger partial charge on any atom is 0.315 e. The first-order chi connectivity index (χ1) is 13.2. The molecule has 0 aliphatic carbocycles. The molecule has 0 fully saturated rings. The van der Waals surface area contributed by atoms with E-state index in [9.17, 15) is 4.79 Å². The molecule has 0 radical (unpaired) electrons. The van der Waals surface area contributed by atoms with Crippen molar-refractivity contribution in [3.8, 4) is 5.88 Å². The molecule has 0 saturated carbocycles. The van der Waals surface area contributed by atoms with E-state index >= 15 is 0 Å². The number of pyridine rings is 1. The highest BCUT2D eigenvalue weighted by Crippen LogP contribution is 2.13. The zero-order valence-electron chi connectivity index (χ0n) is 15.1. The first-order valence-electron chi connectivity index (χ1n) is 8.73. The van der Waals surface area contributed by atoms with E-state index in [-0.39, 0.29) is 6.03 Å². The van der Waals surface area contributed by atoms with Gasteiger partial charge >= 0.3 is 6.03 Å². The fourth-order valence-corrected chi connectivity index (χ4v) is 2.51. The number of urea groups is 1. The quantitative estimate of drug-likeness (QED) is 0.637. The van der Waals surface area contributed by atoms with Gasteiger partial charge in [0, 0.05) is 24.8 Å². The number of carbonyl (C=O) groups is 1. The summed E-state index contributed by atoms with van der Waals surface area (Å²) in [5.41, 5.74) is 2.98. The fraction of sp³-hybridized carbons (Fsp3) is 0.263. The number of hydrogen-bond donors (Lipinski definition) is 2. The molecule has 3 aromatic rings. The van der Waals surface area contributed by atoms with Crippen LogP contribution in [0.4, 0.5) is 4.79 Å². The third-order valence-electron chi connectivity index (χ3n) is 3.86. The molecule has 27 heavy (non-hydrogen) atoms. The van der Waals surface area contributed by atoms with Crippen LogP contribution < -0.4 is 15.4 Å². The van der Waals surface area contributed by atoms with Crippen molar-refractivity contribution >= 4 is 6.03 Å². The molecule has 8 heteroatoms. The van der Waals surface area contributed by atoms with Crippen molar-refractivity contribution in [2.45, 2.75) is 26.6 Å². The molecule has 0 saturated heterocycles. The summed E-state index contributed by atoms with van der Waals surface area (Å²) in [6.07, 6.45) is 4.86. The molecular weight excluding hydrogens is 344 g/mol. The Hall–Kier alpha value is -3.42. The third-order valence-corrected chi connectivity index (χ3v) is 3.86. The summed E-state index contributed by atoms with van der Waals surface area (Å²) < 4.78 is 7.21. The van der Waals surface area contributed by atoms with E-state index in [2.05, 4.69) is 25.7 Å². The van der Waals surface area contributed by atoms with Crippen LogP contribution in [0.15, 0.2) is 55.2 Å². The zero-order valence-corrected chi connectivity index (χ0v) is 15.1. The van der Waals surface area contributed by atoms with Gasteiger partial charge in [0.05, 0.1) is 13.2 Å². The number of nitrogens with zero attached hydrogens (tertiary/aromatic N) is 4. The molecule has 0 atom stereocenters. The highest BCUT2D eigenvalue weighted by Gasteiger charge is 2.06. The highest BCUT2D eigenvalue weighted by molar-refractivity contribution is 5.73. The summed E-state index contributed by atoms with van der Waals surface area (Å²) in [5.74, 6) is 0.545. The van der Waals surface area contributed by atoms with Gasteiger partial charge < -0.3 is 15.4 Å². The van der Waals surface area contributed by atoms with Crippen LogP contribution in [0.5, 0.6) is 5.88 Å². The Morgan fingerprint density at radius 3 is 2.63 bits per heavy atom. The van der Waals surface area contributed by atoms with Crippen molar-refractivity contribution in [2.75, 3.05) is 6.61 Å². The standard InChI is InChI=1S/C19H22N6O2/c1-2-27-18-17(4-3-9-21-18)11-23-19(26)22-10-15-5-7-16(8-6-15)12-25-14-20-13-24-25/h3-9,13-14H,2,10-12H2,1H3,(H2,22,23,26). The largest absolute Gasteiger partial charge is 0.478 e. The number of ether oxygens (including phenoxy) is 1. The first-order valence-corrected chi connectivity index (χ1v) is 8.73. The Kier molecular flexibility index (Phi) is 6.35. The van der Waals surface area contributed by atoms with Gasteiger partial charge in [-0.1, -0.05) is 30.3 Å². The second-order valence-electron chi connectivity index (χ2n) is 5.85. The number of hydrogen-bond acceptors (Lipinski definition) is 5. The van der Waals surface area contributed by atoms with Crippen molar-refractivity contribution in [3.63, 3.8) is 0 Å². The van der Waals surface area contributed by atoms with E-state index in [1.807, 2.05) is 43.3 Å². The van der Waals surface area contributed by atoms with Crippen LogP contribution in [0.25, 0.3) is 0 Å². The lowest BCUT2D eigenvalue weighted by Crippen LogP contribution is -2.34. The molecule has 140 valence electrons. The molecule has 0 unspecified atom stereocenters. The molecule has 2 amide bonds.